The molecule has 0 radical (unpaired) electrons. The molecule has 2 aromatic carbocycles. The molecule has 0 amide bonds. The molecule has 0 fully saturated rings. The summed E-state index contributed by atoms with van der Waals surface area (Å²) in [7, 11) is 1.65. The van der Waals surface area contributed by atoms with Gasteiger partial charge in [-0.2, -0.15) is 5.10 Å². The maximum Gasteiger partial charge on any atom is 0.123 e. The fourth-order valence-electron chi connectivity index (χ4n) is 3.08. The van der Waals surface area contributed by atoms with Crippen LogP contribution in [0.2, 0.25) is 5.02 Å². The van der Waals surface area contributed by atoms with Crippen LogP contribution in [0.5, 0.6) is 5.75 Å². The SMILES string of the molecule is COc1ccc(-c2nn(Cc3ccc(Cl)cc3)c(=S)cc2-c2ccncc2)cc1. The number of benzene rings is 2. The van der Waals surface area contributed by atoms with Gasteiger partial charge in [0.05, 0.1) is 19.3 Å². The number of aromatic nitrogens is 3. The number of nitrogens with zero attached hydrogens (tertiary/aromatic N) is 3. The van der Waals surface area contributed by atoms with Gasteiger partial charge in [0.25, 0.3) is 0 Å². The van der Waals surface area contributed by atoms with E-state index in [9.17, 15) is 0 Å². The van der Waals surface area contributed by atoms with Gasteiger partial charge in [0.15, 0.2) is 0 Å². The summed E-state index contributed by atoms with van der Waals surface area (Å²) in [5, 5.41) is 5.62. The highest BCUT2D eigenvalue weighted by Crippen LogP contribution is 2.31. The molecule has 0 aliphatic carbocycles. The lowest BCUT2D eigenvalue weighted by atomic mass is 10.0. The van der Waals surface area contributed by atoms with E-state index >= 15 is 0 Å². The Morgan fingerprint density at radius 1 is 0.931 bits per heavy atom. The molecule has 6 heteroatoms. The zero-order valence-corrected chi connectivity index (χ0v) is 17.3. The average molecular weight is 420 g/mol. The number of ether oxygens (including phenoxy) is 1. The molecule has 2 heterocycles. The second-order valence-electron chi connectivity index (χ2n) is 6.49. The van der Waals surface area contributed by atoms with E-state index in [0.29, 0.717) is 16.2 Å². The molecule has 2 aromatic heterocycles. The Labute approximate surface area is 179 Å². The Morgan fingerprint density at radius 3 is 2.28 bits per heavy atom. The van der Waals surface area contributed by atoms with Crippen molar-refractivity contribution in [1.29, 1.82) is 0 Å². The summed E-state index contributed by atoms with van der Waals surface area (Å²) in [4.78, 5) is 4.12. The van der Waals surface area contributed by atoms with E-state index in [2.05, 4.69) is 4.98 Å². The Morgan fingerprint density at radius 2 is 1.62 bits per heavy atom. The van der Waals surface area contributed by atoms with Crippen molar-refractivity contribution in [1.82, 2.24) is 14.8 Å². The smallest absolute Gasteiger partial charge is 0.123 e. The van der Waals surface area contributed by atoms with Gasteiger partial charge in [-0.25, -0.2) is 4.68 Å². The molecule has 0 aliphatic heterocycles. The minimum Gasteiger partial charge on any atom is -0.497 e. The van der Waals surface area contributed by atoms with Gasteiger partial charge >= 0.3 is 0 Å². The molecule has 0 bridgehead atoms. The maximum absolute atomic E-state index is 6.01. The van der Waals surface area contributed by atoms with Crippen molar-refractivity contribution in [3.8, 4) is 28.1 Å². The molecule has 4 nitrogen and oxygen atoms in total. The summed E-state index contributed by atoms with van der Waals surface area (Å²) < 4.78 is 7.78. The van der Waals surface area contributed by atoms with Crippen LogP contribution in [0, 0.1) is 4.64 Å². The molecule has 29 heavy (non-hydrogen) atoms. The Balaban J connectivity index is 1.84. The number of pyridine rings is 1. The highest BCUT2D eigenvalue weighted by atomic mass is 35.5. The average Bonchev–Trinajstić information content (AvgIpc) is 2.77. The molecule has 0 atom stereocenters. The quantitative estimate of drug-likeness (QED) is 0.369. The van der Waals surface area contributed by atoms with E-state index in [1.165, 1.54) is 0 Å². The Hall–Kier alpha value is -3.02. The lowest BCUT2D eigenvalue weighted by Gasteiger charge is -2.14. The van der Waals surface area contributed by atoms with Gasteiger partial charge in [-0.3, -0.25) is 4.98 Å². The van der Waals surface area contributed by atoms with Crippen LogP contribution in [0.3, 0.4) is 0 Å². The molecule has 0 saturated heterocycles. The van der Waals surface area contributed by atoms with E-state index in [1.54, 1.807) is 19.5 Å². The fraction of sp³-hybridized carbons (Fsp3) is 0.0870. The molecule has 144 valence electrons. The predicted octanol–water partition coefficient (Wildman–Crippen LogP) is 6.05. The molecule has 0 aliphatic rings. The zero-order valence-electron chi connectivity index (χ0n) is 15.7. The number of hydrogen-bond acceptors (Lipinski definition) is 4. The third-order valence-electron chi connectivity index (χ3n) is 4.60. The lowest BCUT2D eigenvalue weighted by Crippen LogP contribution is -2.09. The van der Waals surface area contributed by atoms with Gasteiger partial charge in [-0.05, 0) is 65.7 Å². The largest absolute Gasteiger partial charge is 0.497 e. The highest BCUT2D eigenvalue weighted by molar-refractivity contribution is 7.71. The molecule has 4 rings (SSSR count). The van der Waals surface area contributed by atoms with E-state index < -0.39 is 0 Å². The van der Waals surface area contributed by atoms with Crippen LogP contribution in [-0.4, -0.2) is 21.9 Å². The van der Waals surface area contributed by atoms with Crippen LogP contribution in [0.1, 0.15) is 5.56 Å². The minimum absolute atomic E-state index is 0.565. The second kappa shape index (κ2) is 8.55. The number of halogens is 1. The predicted molar refractivity (Wildman–Crippen MR) is 119 cm³/mol. The molecule has 0 saturated carbocycles. The third kappa shape index (κ3) is 4.36. The van der Waals surface area contributed by atoms with E-state index in [4.69, 9.17) is 33.7 Å². The molecule has 4 aromatic rings. The first-order chi connectivity index (χ1) is 14.1. The Kier molecular flexibility index (Phi) is 5.69. The number of methoxy groups -OCH3 is 1. The van der Waals surface area contributed by atoms with Crippen molar-refractivity contribution in [3.63, 3.8) is 0 Å². The summed E-state index contributed by atoms with van der Waals surface area (Å²) in [6.45, 7) is 0.565. The van der Waals surface area contributed by atoms with Crippen molar-refractivity contribution in [2.45, 2.75) is 6.54 Å². The van der Waals surface area contributed by atoms with Gasteiger partial charge in [-0.1, -0.05) is 36.0 Å². The van der Waals surface area contributed by atoms with Crippen molar-refractivity contribution in [2.24, 2.45) is 0 Å². The molecular weight excluding hydrogens is 402 g/mol. The summed E-state index contributed by atoms with van der Waals surface area (Å²) in [5.74, 6) is 0.799. The first kappa shape index (κ1) is 19.3. The zero-order chi connectivity index (χ0) is 20.2. The maximum atomic E-state index is 6.01. The van der Waals surface area contributed by atoms with Crippen molar-refractivity contribution >= 4 is 23.8 Å². The van der Waals surface area contributed by atoms with Gasteiger partial charge in [0, 0.05) is 28.5 Å². The van der Waals surface area contributed by atoms with Gasteiger partial charge in [0.2, 0.25) is 0 Å². The van der Waals surface area contributed by atoms with E-state index in [1.807, 2.05) is 71.4 Å². The molecule has 0 unspecified atom stereocenters. The number of hydrogen-bond donors (Lipinski definition) is 0. The topological polar surface area (TPSA) is 39.9 Å². The Bertz CT molecular complexity index is 1170. The van der Waals surface area contributed by atoms with E-state index in [0.717, 1.165) is 33.7 Å². The minimum atomic E-state index is 0.565. The van der Waals surface area contributed by atoms with Crippen LogP contribution in [0.4, 0.5) is 0 Å². The van der Waals surface area contributed by atoms with Gasteiger partial charge < -0.3 is 4.74 Å². The molecular formula is C23H18ClN3OS. The monoisotopic (exact) mass is 419 g/mol. The highest BCUT2D eigenvalue weighted by Gasteiger charge is 2.12. The summed E-state index contributed by atoms with van der Waals surface area (Å²) in [6.07, 6.45) is 3.54. The van der Waals surface area contributed by atoms with Crippen LogP contribution in [0.25, 0.3) is 22.4 Å². The summed E-state index contributed by atoms with van der Waals surface area (Å²) >= 11 is 11.7. The van der Waals surface area contributed by atoms with Crippen LogP contribution < -0.4 is 4.74 Å². The number of rotatable bonds is 5. The summed E-state index contributed by atoms with van der Waals surface area (Å²) in [5.41, 5.74) is 4.90. The standard InChI is InChI=1S/C23H18ClN3OS/c1-28-20-8-4-18(5-9-20)23-21(17-10-12-25-13-11-17)14-22(29)27(26-23)15-16-2-6-19(24)7-3-16/h2-14H,15H2,1H3. The van der Waals surface area contributed by atoms with Crippen molar-refractivity contribution in [3.05, 3.63) is 94.4 Å². The first-order valence-corrected chi connectivity index (χ1v) is 9.84. The molecule has 0 spiro atoms. The molecule has 0 N–H and O–H groups in total. The van der Waals surface area contributed by atoms with E-state index in [-0.39, 0.29) is 0 Å². The van der Waals surface area contributed by atoms with Crippen LogP contribution in [-0.2, 0) is 6.54 Å². The second-order valence-corrected chi connectivity index (χ2v) is 7.35. The van der Waals surface area contributed by atoms with Crippen LogP contribution >= 0.6 is 23.8 Å². The van der Waals surface area contributed by atoms with Gasteiger partial charge in [0.1, 0.15) is 10.4 Å². The van der Waals surface area contributed by atoms with Crippen molar-refractivity contribution in [2.75, 3.05) is 7.11 Å². The fourth-order valence-corrected chi connectivity index (χ4v) is 3.43. The van der Waals surface area contributed by atoms with Gasteiger partial charge in [-0.15, -0.1) is 0 Å². The normalized spacial score (nSPS) is 10.7. The first-order valence-electron chi connectivity index (χ1n) is 9.05. The van der Waals surface area contributed by atoms with Crippen molar-refractivity contribution < 1.29 is 4.74 Å². The lowest BCUT2D eigenvalue weighted by molar-refractivity contribution is 0.415. The van der Waals surface area contributed by atoms with Crippen LogP contribution in [0.15, 0.2) is 79.1 Å². The third-order valence-corrected chi connectivity index (χ3v) is 5.18. The summed E-state index contributed by atoms with van der Waals surface area (Å²) in [6, 6.07) is 21.5.